The lowest BCUT2D eigenvalue weighted by Gasteiger charge is -2.10. The Hall–Kier alpha value is -3.84. The molecule has 0 saturated carbocycles. The molecule has 170 valence electrons. The van der Waals surface area contributed by atoms with Gasteiger partial charge in [0.05, 0.1) is 12.1 Å². The molecule has 0 unspecified atom stereocenters. The average Bonchev–Trinajstić information content (AvgIpc) is 2.78. The summed E-state index contributed by atoms with van der Waals surface area (Å²) in [5.41, 5.74) is 13.2. The van der Waals surface area contributed by atoms with Crippen LogP contribution in [0.3, 0.4) is 0 Å². The molecule has 7 heteroatoms. The zero-order valence-corrected chi connectivity index (χ0v) is 19.1. The van der Waals surface area contributed by atoms with Crippen LogP contribution in [0.25, 0.3) is 21.8 Å². The maximum Gasteiger partial charge on any atom is 0.317 e. The Morgan fingerprint density at radius 3 is 2.52 bits per heavy atom. The van der Waals surface area contributed by atoms with Gasteiger partial charge in [-0.3, -0.25) is 14.6 Å². The number of benzene rings is 2. The number of carbonyl (C=O) groups is 2. The fourth-order valence-electron chi connectivity index (χ4n) is 3.70. The van der Waals surface area contributed by atoms with E-state index in [0.29, 0.717) is 11.4 Å². The highest BCUT2D eigenvalue weighted by molar-refractivity contribution is 6.08. The van der Waals surface area contributed by atoms with Crippen molar-refractivity contribution in [3.63, 3.8) is 0 Å². The normalized spacial score (nSPS) is 10.6. The van der Waals surface area contributed by atoms with Gasteiger partial charge < -0.3 is 16.2 Å². The van der Waals surface area contributed by atoms with Crippen LogP contribution in [0.5, 0.6) is 0 Å². The summed E-state index contributed by atoms with van der Waals surface area (Å²) in [7, 11) is 1.59. The highest BCUT2D eigenvalue weighted by Crippen LogP contribution is 2.28. The number of nitrogens with zero attached hydrogens (tertiary/aromatic N) is 2. The van der Waals surface area contributed by atoms with E-state index in [-0.39, 0.29) is 6.54 Å². The first-order valence-electron chi connectivity index (χ1n) is 10.7. The molecule has 2 aromatic heterocycles. The monoisotopic (exact) mass is 444 g/mol. The van der Waals surface area contributed by atoms with Crippen molar-refractivity contribution in [2.45, 2.75) is 26.7 Å². The number of carboxylic acids is 1. The topological polar surface area (TPSA) is 118 Å². The lowest BCUT2D eigenvalue weighted by atomic mass is 9.98. The van der Waals surface area contributed by atoms with Gasteiger partial charge in [0.25, 0.3) is 0 Å². The van der Waals surface area contributed by atoms with Gasteiger partial charge in [-0.1, -0.05) is 24.3 Å². The molecule has 0 fully saturated rings. The summed E-state index contributed by atoms with van der Waals surface area (Å²) < 4.78 is 0. The average molecular weight is 445 g/mol. The van der Waals surface area contributed by atoms with Crippen molar-refractivity contribution in [1.29, 1.82) is 0 Å². The summed E-state index contributed by atoms with van der Waals surface area (Å²) in [6.45, 7) is 4.14. The molecule has 0 radical (unpaired) electrons. The van der Waals surface area contributed by atoms with Crippen molar-refractivity contribution in [3.8, 4) is 0 Å². The molecular weight excluding hydrogens is 416 g/mol. The van der Waals surface area contributed by atoms with E-state index in [9.17, 15) is 9.59 Å². The van der Waals surface area contributed by atoms with Crippen LogP contribution in [0, 0.1) is 13.8 Å². The van der Waals surface area contributed by atoms with Crippen LogP contribution < -0.4 is 11.1 Å². The van der Waals surface area contributed by atoms with Gasteiger partial charge >= 0.3 is 5.97 Å². The number of likely N-dealkylation sites (N-methyl/N-ethyl adjacent to an activating group) is 1. The number of carboxylic acid groups (broad SMARTS) is 1. The maximum absolute atomic E-state index is 10.9. The van der Waals surface area contributed by atoms with Crippen LogP contribution in [-0.2, 0) is 17.6 Å². The smallest absolute Gasteiger partial charge is 0.317 e. The standard InChI is InChI=1S/C23H21N3O.C3H7NO2/c1-14-3-8-19-20-11-16(12-25-22(20)23(24)26-21(19)9-14)4-6-18-7-5-17(13-27)10-15(18)2;1-4-2-3(5)6/h3,5,7-13H,4,6H2,1-2H3,(H2,24,26);4H,2H2,1H3,(H,5,6). The number of nitrogen functional groups attached to an aromatic ring is 1. The third kappa shape index (κ3) is 5.90. The number of pyridine rings is 2. The Labute approximate surface area is 192 Å². The minimum absolute atomic E-state index is 0.0417. The van der Waals surface area contributed by atoms with Crippen molar-refractivity contribution in [1.82, 2.24) is 15.3 Å². The number of aliphatic carboxylic acids is 1. The van der Waals surface area contributed by atoms with Crippen LogP contribution in [0.15, 0.2) is 48.7 Å². The zero-order valence-electron chi connectivity index (χ0n) is 19.1. The Balaban J connectivity index is 0.000000454. The molecule has 0 saturated heterocycles. The predicted molar refractivity (Wildman–Crippen MR) is 132 cm³/mol. The van der Waals surface area contributed by atoms with Gasteiger partial charge in [-0.2, -0.15) is 0 Å². The third-order valence-corrected chi connectivity index (χ3v) is 5.39. The van der Waals surface area contributed by atoms with E-state index in [2.05, 4.69) is 46.5 Å². The first-order valence-corrected chi connectivity index (χ1v) is 10.7. The number of fused-ring (bicyclic) bond motifs is 3. The first kappa shape index (κ1) is 23.8. The van der Waals surface area contributed by atoms with Crippen LogP contribution in [-0.4, -0.2) is 40.9 Å². The maximum atomic E-state index is 10.9. The van der Waals surface area contributed by atoms with E-state index in [1.54, 1.807) is 7.05 Å². The van der Waals surface area contributed by atoms with E-state index < -0.39 is 5.97 Å². The second kappa shape index (κ2) is 10.7. The van der Waals surface area contributed by atoms with Gasteiger partial charge in [-0.25, -0.2) is 4.98 Å². The number of anilines is 1. The lowest BCUT2D eigenvalue weighted by molar-refractivity contribution is -0.135. The Bertz CT molecular complexity index is 1320. The Morgan fingerprint density at radius 2 is 1.88 bits per heavy atom. The van der Waals surface area contributed by atoms with Crippen molar-refractivity contribution < 1.29 is 14.7 Å². The van der Waals surface area contributed by atoms with Crippen LogP contribution in [0.4, 0.5) is 5.82 Å². The molecule has 0 aliphatic rings. The number of aryl methyl sites for hydroxylation is 4. The molecular formula is C26H28N4O3. The fraction of sp³-hybridized carbons (Fsp3) is 0.231. The van der Waals surface area contributed by atoms with Crippen molar-refractivity contribution >= 4 is 39.9 Å². The number of hydrogen-bond acceptors (Lipinski definition) is 6. The molecule has 0 aliphatic heterocycles. The number of aldehydes is 1. The minimum Gasteiger partial charge on any atom is -0.480 e. The summed E-state index contributed by atoms with van der Waals surface area (Å²) in [6, 6.07) is 14.2. The quantitative estimate of drug-likeness (QED) is 0.305. The number of rotatable bonds is 6. The molecule has 4 rings (SSSR count). The molecule has 4 N–H and O–H groups in total. The van der Waals surface area contributed by atoms with Gasteiger partial charge in [0.2, 0.25) is 0 Å². The molecule has 2 aromatic carbocycles. The van der Waals surface area contributed by atoms with Gasteiger partial charge in [-0.05, 0) is 74.2 Å². The predicted octanol–water partition coefficient (Wildman–Crippen LogP) is 3.87. The first-order chi connectivity index (χ1) is 15.8. The van der Waals surface area contributed by atoms with Crippen molar-refractivity contribution in [2.75, 3.05) is 19.3 Å². The summed E-state index contributed by atoms with van der Waals surface area (Å²) in [5.74, 6) is -0.354. The van der Waals surface area contributed by atoms with Crippen molar-refractivity contribution in [3.05, 3.63) is 76.5 Å². The summed E-state index contributed by atoms with van der Waals surface area (Å²) >= 11 is 0. The van der Waals surface area contributed by atoms with E-state index >= 15 is 0 Å². The second-order valence-electron chi connectivity index (χ2n) is 7.99. The SMILES string of the molecule is CNCC(=O)O.Cc1ccc2c(c1)nc(N)c1ncc(CCc3ccc(C=O)cc3C)cc12. The van der Waals surface area contributed by atoms with Crippen LogP contribution in [0.1, 0.15) is 32.6 Å². The molecule has 0 aliphatic carbocycles. The summed E-state index contributed by atoms with van der Waals surface area (Å²) in [5, 5.41) is 12.4. The summed E-state index contributed by atoms with van der Waals surface area (Å²) in [6.07, 6.45) is 4.54. The lowest BCUT2D eigenvalue weighted by Crippen LogP contribution is -2.16. The second-order valence-corrected chi connectivity index (χ2v) is 7.99. The molecule has 0 atom stereocenters. The van der Waals surface area contributed by atoms with Crippen LogP contribution in [0.2, 0.25) is 0 Å². The van der Waals surface area contributed by atoms with Gasteiger partial charge in [0.1, 0.15) is 11.8 Å². The molecule has 7 nitrogen and oxygen atoms in total. The number of hydrogen-bond donors (Lipinski definition) is 3. The van der Waals surface area contributed by atoms with E-state index in [1.165, 1.54) is 5.56 Å². The largest absolute Gasteiger partial charge is 0.480 e. The highest BCUT2D eigenvalue weighted by Gasteiger charge is 2.09. The van der Waals surface area contributed by atoms with E-state index in [1.807, 2.05) is 31.3 Å². The summed E-state index contributed by atoms with van der Waals surface area (Å²) in [4.78, 5) is 29.5. The van der Waals surface area contributed by atoms with E-state index in [4.69, 9.17) is 10.8 Å². The van der Waals surface area contributed by atoms with Crippen LogP contribution >= 0.6 is 0 Å². The fourth-order valence-corrected chi connectivity index (χ4v) is 3.70. The number of carbonyl (C=O) groups excluding carboxylic acids is 1. The highest BCUT2D eigenvalue weighted by atomic mass is 16.4. The number of nitrogens with one attached hydrogen (secondary N) is 1. The van der Waals surface area contributed by atoms with Gasteiger partial charge in [0.15, 0.2) is 5.82 Å². The zero-order chi connectivity index (χ0) is 24.0. The van der Waals surface area contributed by atoms with Gasteiger partial charge in [-0.15, -0.1) is 0 Å². The number of aromatic nitrogens is 2. The number of nitrogens with two attached hydrogens (primary N) is 1. The molecule has 2 heterocycles. The molecule has 33 heavy (non-hydrogen) atoms. The van der Waals surface area contributed by atoms with Gasteiger partial charge in [0, 0.05) is 22.5 Å². The minimum atomic E-state index is -0.822. The van der Waals surface area contributed by atoms with E-state index in [0.717, 1.165) is 57.6 Å². The third-order valence-electron chi connectivity index (χ3n) is 5.39. The van der Waals surface area contributed by atoms with Crippen molar-refractivity contribution in [2.24, 2.45) is 0 Å². The molecule has 0 amide bonds. The Kier molecular flexibility index (Phi) is 7.69. The Morgan fingerprint density at radius 1 is 1.09 bits per heavy atom. The molecule has 0 bridgehead atoms. The molecule has 4 aromatic rings. The molecule has 0 spiro atoms.